The van der Waals surface area contributed by atoms with E-state index in [1.165, 1.54) is 106 Å². The third kappa shape index (κ3) is 2.95. The minimum atomic E-state index is 0.666. The summed E-state index contributed by atoms with van der Waals surface area (Å²) in [4.78, 5) is 13.1. The molecule has 4 aliphatic rings. The van der Waals surface area contributed by atoms with Crippen molar-refractivity contribution in [1.82, 2.24) is 0 Å². The lowest BCUT2D eigenvalue weighted by atomic mass is 9.90. The molecular formula is C24H26N2S2. The largest absolute Gasteiger partial charge is 0.245 e. The normalized spacial score (nSPS) is 22.9. The molecule has 28 heavy (non-hydrogen) atoms. The Kier molecular flexibility index (Phi) is 4.53. The molecule has 0 unspecified atom stereocenters. The fourth-order valence-electron chi connectivity index (χ4n) is 5.31. The van der Waals surface area contributed by atoms with Crippen LogP contribution in [-0.4, -0.2) is 10.1 Å². The maximum atomic E-state index is 5.16. The monoisotopic (exact) mass is 406 g/mol. The zero-order chi connectivity index (χ0) is 18.5. The van der Waals surface area contributed by atoms with Crippen LogP contribution in [0.1, 0.15) is 64.2 Å². The molecule has 4 heteroatoms. The highest BCUT2D eigenvalue weighted by Crippen LogP contribution is 2.52. The molecular weight excluding hydrogens is 380 g/mol. The van der Waals surface area contributed by atoms with Crippen LogP contribution in [0.2, 0.25) is 0 Å². The summed E-state index contributed by atoms with van der Waals surface area (Å²) in [5, 5.41) is 5.40. The predicted octanol–water partition coefficient (Wildman–Crippen LogP) is 8.27. The number of nitrogens with zero attached hydrogens (tertiary/aromatic N) is 2. The summed E-state index contributed by atoms with van der Waals surface area (Å²) in [6.07, 6.45) is 13.5. The van der Waals surface area contributed by atoms with Gasteiger partial charge in [-0.05, 0) is 49.9 Å². The molecule has 2 aromatic rings. The first-order valence-corrected chi connectivity index (χ1v) is 12.6. The summed E-state index contributed by atoms with van der Waals surface area (Å²) >= 11 is 3.86. The summed E-state index contributed by atoms with van der Waals surface area (Å²) in [6, 6.07) is 9.16. The van der Waals surface area contributed by atoms with E-state index in [2.05, 4.69) is 24.3 Å². The highest BCUT2D eigenvalue weighted by molar-refractivity contribution is 8.14. The maximum absolute atomic E-state index is 5.16. The van der Waals surface area contributed by atoms with Gasteiger partial charge in [0.25, 0.3) is 0 Å². The van der Waals surface area contributed by atoms with Gasteiger partial charge in [0, 0.05) is 32.4 Å². The maximum Gasteiger partial charge on any atom is 0.0817 e. The van der Waals surface area contributed by atoms with Crippen LogP contribution < -0.4 is 0 Å². The molecule has 2 aliphatic carbocycles. The summed E-state index contributed by atoms with van der Waals surface area (Å²) in [7, 11) is 0. The molecule has 2 fully saturated rings. The highest BCUT2D eigenvalue weighted by Gasteiger charge is 2.29. The standard InChI is InChI=1S/C24H26N2S2/c1-3-7-15(8-4-1)23-25-17-11-14-20-22-18(12-13-19(27-23)21(17)22)26-24(28-20)16-9-5-2-6-10-16/h11-16H,1-10H2. The van der Waals surface area contributed by atoms with Crippen molar-refractivity contribution in [2.75, 3.05) is 0 Å². The first-order valence-electron chi connectivity index (χ1n) is 11.0. The molecule has 2 nitrogen and oxygen atoms in total. The van der Waals surface area contributed by atoms with Crippen molar-refractivity contribution in [3.63, 3.8) is 0 Å². The number of hydrogen-bond acceptors (Lipinski definition) is 4. The summed E-state index contributed by atoms with van der Waals surface area (Å²) in [5.74, 6) is 1.33. The van der Waals surface area contributed by atoms with E-state index in [1.807, 2.05) is 23.5 Å². The highest BCUT2D eigenvalue weighted by atomic mass is 32.2. The Morgan fingerprint density at radius 3 is 1.43 bits per heavy atom. The minimum Gasteiger partial charge on any atom is -0.245 e. The van der Waals surface area contributed by atoms with E-state index in [9.17, 15) is 0 Å². The Morgan fingerprint density at radius 2 is 1.00 bits per heavy atom. The zero-order valence-corrected chi connectivity index (χ0v) is 17.9. The van der Waals surface area contributed by atoms with E-state index in [-0.39, 0.29) is 0 Å². The number of thioether (sulfide) groups is 2. The minimum absolute atomic E-state index is 0.666. The van der Waals surface area contributed by atoms with Crippen LogP contribution in [-0.2, 0) is 0 Å². The lowest BCUT2D eigenvalue weighted by Crippen LogP contribution is -2.17. The van der Waals surface area contributed by atoms with Gasteiger partial charge in [-0.2, -0.15) is 0 Å². The Bertz CT molecular complexity index is 914. The zero-order valence-electron chi connectivity index (χ0n) is 16.2. The quantitative estimate of drug-likeness (QED) is 0.501. The second-order valence-corrected chi connectivity index (χ2v) is 10.8. The summed E-state index contributed by atoms with van der Waals surface area (Å²) in [6.45, 7) is 0. The predicted molar refractivity (Wildman–Crippen MR) is 123 cm³/mol. The molecule has 2 aromatic carbocycles. The number of rotatable bonds is 2. The van der Waals surface area contributed by atoms with Crippen LogP contribution in [0.4, 0.5) is 11.4 Å². The van der Waals surface area contributed by atoms with Crippen LogP contribution in [0.3, 0.4) is 0 Å². The molecule has 2 aliphatic heterocycles. The molecule has 144 valence electrons. The van der Waals surface area contributed by atoms with Gasteiger partial charge in [0.2, 0.25) is 0 Å². The van der Waals surface area contributed by atoms with Crippen molar-refractivity contribution in [2.45, 2.75) is 74.0 Å². The Hall–Kier alpha value is -1.26. The number of benzene rings is 2. The lowest BCUT2D eigenvalue weighted by molar-refractivity contribution is 0.443. The lowest BCUT2D eigenvalue weighted by Gasteiger charge is -2.29. The van der Waals surface area contributed by atoms with Gasteiger partial charge in [0.05, 0.1) is 21.5 Å². The van der Waals surface area contributed by atoms with Gasteiger partial charge in [-0.15, -0.1) is 0 Å². The van der Waals surface area contributed by atoms with Gasteiger partial charge in [-0.1, -0.05) is 62.0 Å². The van der Waals surface area contributed by atoms with Crippen LogP contribution in [0.25, 0.3) is 10.8 Å². The van der Waals surface area contributed by atoms with Crippen molar-refractivity contribution in [3.05, 3.63) is 24.3 Å². The summed E-state index contributed by atoms with van der Waals surface area (Å²) < 4.78 is 0. The van der Waals surface area contributed by atoms with E-state index in [0.29, 0.717) is 11.8 Å². The van der Waals surface area contributed by atoms with E-state index >= 15 is 0 Å². The number of hydrogen-bond donors (Lipinski definition) is 0. The van der Waals surface area contributed by atoms with Gasteiger partial charge in [0.1, 0.15) is 0 Å². The van der Waals surface area contributed by atoms with Crippen LogP contribution in [0.5, 0.6) is 0 Å². The Labute approximate surface area is 175 Å². The van der Waals surface area contributed by atoms with E-state index < -0.39 is 0 Å². The average Bonchev–Trinajstić information content (AvgIpc) is 2.78. The molecule has 0 radical (unpaired) electrons. The second kappa shape index (κ2) is 7.21. The summed E-state index contributed by atoms with van der Waals surface area (Å²) in [5.41, 5.74) is 2.35. The van der Waals surface area contributed by atoms with Crippen LogP contribution in [0.15, 0.2) is 44.0 Å². The van der Waals surface area contributed by atoms with Crippen molar-refractivity contribution in [3.8, 4) is 0 Å². The Morgan fingerprint density at radius 1 is 0.571 bits per heavy atom. The van der Waals surface area contributed by atoms with Crippen molar-refractivity contribution in [1.29, 1.82) is 0 Å². The first-order chi connectivity index (χ1) is 13.9. The third-order valence-electron chi connectivity index (χ3n) is 6.84. The molecule has 0 N–H and O–H groups in total. The van der Waals surface area contributed by atoms with Crippen molar-refractivity contribution in [2.24, 2.45) is 21.8 Å². The number of aliphatic imine (C=N–C) groups is 2. The molecule has 6 rings (SSSR count). The smallest absolute Gasteiger partial charge is 0.0817 e. The van der Waals surface area contributed by atoms with E-state index in [4.69, 9.17) is 9.98 Å². The van der Waals surface area contributed by atoms with Crippen molar-refractivity contribution >= 4 is 55.8 Å². The average molecular weight is 407 g/mol. The van der Waals surface area contributed by atoms with Crippen molar-refractivity contribution < 1.29 is 0 Å². The van der Waals surface area contributed by atoms with Crippen LogP contribution in [0, 0.1) is 11.8 Å². The topological polar surface area (TPSA) is 24.7 Å². The molecule has 0 spiro atoms. The first kappa shape index (κ1) is 17.6. The molecule has 0 saturated heterocycles. The van der Waals surface area contributed by atoms with Gasteiger partial charge >= 0.3 is 0 Å². The molecule has 0 bridgehead atoms. The van der Waals surface area contributed by atoms with E-state index in [0.717, 1.165) is 0 Å². The Balaban J connectivity index is 1.43. The molecule has 0 aromatic heterocycles. The van der Waals surface area contributed by atoms with E-state index in [1.54, 1.807) is 0 Å². The fraction of sp³-hybridized carbons (Fsp3) is 0.500. The molecule has 2 heterocycles. The van der Waals surface area contributed by atoms with Gasteiger partial charge in [-0.3, -0.25) is 0 Å². The fourth-order valence-corrected chi connectivity index (χ4v) is 7.74. The third-order valence-corrected chi connectivity index (χ3v) is 9.23. The SMILES string of the molecule is c1cc2c3c(ccc4c3c1N=C(C1CCCCC1)S4)N=C(C1CCCCC1)S2. The van der Waals surface area contributed by atoms with Gasteiger partial charge in [0.15, 0.2) is 0 Å². The van der Waals surface area contributed by atoms with Crippen LogP contribution >= 0.6 is 23.5 Å². The van der Waals surface area contributed by atoms with Gasteiger partial charge in [-0.25, -0.2) is 9.98 Å². The molecule has 0 atom stereocenters. The second-order valence-electron chi connectivity index (χ2n) is 8.69. The van der Waals surface area contributed by atoms with Gasteiger partial charge < -0.3 is 0 Å². The molecule has 0 amide bonds. The molecule has 2 saturated carbocycles.